The van der Waals surface area contributed by atoms with Gasteiger partial charge in [-0.2, -0.15) is 0 Å². The Morgan fingerprint density at radius 3 is 2.52 bits per heavy atom. The van der Waals surface area contributed by atoms with Gasteiger partial charge in [-0.3, -0.25) is 15.6 Å². The van der Waals surface area contributed by atoms with Crippen molar-refractivity contribution in [1.29, 1.82) is 0 Å². The average molecular weight is 361 g/mol. The molecule has 132 valence electrons. The van der Waals surface area contributed by atoms with Crippen LogP contribution < -0.4 is 20.9 Å². The second kappa shape index (κ2) is 8.98. The zero-order valence-electron chi connectivity index (χ0n) is 14.0. The lowest BCUT2D eigenvalue weighted by molar-refractivity contribution is -0.123. The normalized spacial score (nSPS) is 10.2. The zero-order chi connectivity index (χ0) is 18.2. The number of thiocarbonyl (C=S) groups is 1. The first-order chi connectivity index (χ1) is 12.0. The summed E-state index contributed by atoms with van der Waals surface area (Å²) in [4.78, 5) is 11.9. The molecule has 7 heteroatoms. The molecule has 2 aromatic rings. The Bertz CT molecular complexity index is 753. The van der Waals surface area contributed by atoms with Crippen molar-refractivity contribution in [2.75, 3.05) is 11.9 Å². The first-order valence-corrected chi connectivity index (χ1v) is 8.20. The van der Waals surface area contributed by atoms with Crippen LogP contribution in [0, 0.1) is 5.82 Å². The number of ether oxygens (including phenoxy) is 1. The Labute approximate surface area is 151 Å². The van der Waals surface area contributed by atoms with Gasteiger partial charge in [-0.1, -0.05) is 44.2 Å². The summed E-state index contributed by atoms with van der Waals surface area (Å²) in [6.07, 6.45) is 0. The number of para-hydroxylation sites is 2. The molecule has 0 saturated heterocycles. The molecule has 0 fully saturated rings. The van der Waals surface area contributed by atoms with E-state index in [0.29, 0.717) is 5.75 Å². The van der Waals surface area contributed by atoms with Crippen molar-refractivity contribution < 1.29 is 13.9 Å². The number of anilines is 1. The highest BCUT2D eigenvalue weighted by Gasteiger charge is 2.09. The molecule has 1 amide bonds. The van der Waals surface area contributed by atoms with E-state index in [4.69, 9.17) is 17.0 Å². The van der Waals surface area contributed by atoms with Crippen LogP contribution in [-0.4, -0.2) is 17.6 Å². The SMILES string of the molecule is CC(C)c1ccccc1OCC(=O)NNC(=S)Nc1ccccc1F. The van der Waals surface area contributed by atoms with Crippen molar-refractivity contribution >= 4 is 28.9 Å². The Balaban J connectivity index is 1.79. The van der Waals surface area contributed by atoms with Crippen LogP contribution in [0.5, 0.6) is 5.75 Å². The third kappa shape index (κ3) is 5.72. The average Bonchev–Trinajstić information content (AvgIpc) is 2.60. The highest BCUT2D eigenvalue weighted by Crippen LogP contribution is 2.25. The van der Waals surface area contributed by atoms with Gasteiger partial charge in [-0.05, 0) is 41.9 Å². The second-order valence-corrected chi connectivity index (χ2v) is 6.00. The standard InChI is InChI=1S/C18H20FN3O2S/c1-12(2)13-7-3-6-10-16(13)24-11-17(23)21-22-18(25)20-15-9-5-4-8-14(15)19/h3-10,12H,11H2,1-2H3,(H,21,23)(H2,20,22,25). The monoisotopic (exact) mass is 361 g/mol. The number of nitrogens with one attached hydrogen (secondary N) is 3. The first kappa shape index (κ1) is 18.7. The molecule has 0 aliphatic carbocycles. The highest BCUT2D eigenvalue weighted by molar-refractivity contribution is 7.80. The Morgan fingerprint density at radius 1 is 1.12 bits per heavy atom. The summed E-state index contributed by atoms with van der Waals surface area (Å²) in [6.45, 7) is 3.94. The van der Waals surface area contributed by atoms with Gasteiger partial charge in [-0.25, -0.2) is 4.39 Å². The number of rotatable bonds is 5. The van der Waals surface area contributed by atoms with E-state index in [9.17, 15) is 9.18 Å². The molecule has 25 heavy (non-hydrogen) atoms. The molecule has 3 N–H and O–H groups in total. The van der Waals surface area contributed by atoms with Crippen molar-refractivity contribution in [3.63, 3.8) is 0 Å². The number of hydrogen-bond donors (Lipinski definition) is 3. The van der Waals surface area contributed by atoms with Gasteiger partial charge in [0.2, 0.25) is 0 Å². The maximum absolute atomic E-state index is 13.5. The quantitative estimate of drug-likeness (QED) is 0.563. The second-order valence-electron chi connectivity index (χ2n) is 5.59. The number of hydrogen-bond acceptors (Lipinski definition) is 3. The number of carbonyl (C=O) groups excluding carboxylic acids is 1. The lowest BCUT2D eigenvalue weighted by Crippen LogP contribution is -2.45. The molecule has 0 aromatic heterocycles. The fourth-order valence-corrected chi connectivity index (χ4v) is 2.27. The largest absolute Gasteiger partial charge is 0.483 e. The van der Waals surface area contributed by atoms with E-state index < -0.39 is 11.7 Å². The van der Waals surface area contributed by atoms with E-state index in [1.165, 1.54) is 12.1 Å². The van der Waals surface area contributed by atoms with Crippen LogP contribution in [0.15, 0.2) is 48.5 Å². The maximum Gasteiger partial charge on any atom is 0.276 e. The Kier molecular flexibility index (Phi) is 6.71. The molecule has 0 bridgehead atoms. The molecule has 0 spiro atoms. The van der Waals surface area contributed by atoms with Gasteiger partial charge in [0, 0.05) is 0 Å². The number of carbonyl (C=O) groups is 1. The third-order valence-corrected chi connectivity index (χ3v) is 3.54. The van der Waals surface area contributed by atoms with E-state index in [2.05, 4.69) is 30.0 Å². The number of benzene rings is 2. The minimum atomic E-state index is -0.438. The van der Waals surface area contributed by atoms with E-state index in [0.717, 1.165) is 5.56 Å². The fourth-order valence-electron chi connectivity index (χ4n) is 2.11. The van der Waals surface area contributed by atoms with E-state index in [-0.39, 0.29) is 23.3 Å². The van der Waals surface area contributed by atoms with Crippen LogP contribution in [-0.2, 0) is 4.79 Å². The van der Waals surface area contributed by atoms with Gasteiger partial charge in [-0.15, -0.1) is 0 Å². The smallest absolute Gasteiger partial charge is 0.276 e. The Hall–Kier alpha value is -2.67. The highest BCUT2D eigenvalue weighted by atomic mass is 32.1. The van der Waals surface area contributed by atoms with Gasteiger partial charge >= 0.3 is 0 Å². The third-order valence-electron chi connectivity index (χ3n) is 3.34. The summed E-state index contributed by atoms with van der Waals surface area (Å²) < 4.78 is 19.1. The predicted molar refractivity (Wildman–Crippen MR) is 99.9 cm³/mol. The number of amides is 1. The molecule has 0 heterocycles. The molecule has 5 nitrogen and oxygen atoms in total. The molecular formula is C18H20FN3O2S. The number of hydrazine groups is 1. The lowest BCUT2D eigenvalue weighted by atomic mass is 10.0. The zero-order valence-corrected chi connectivity index (χ0v) is 14.8. The van der Waals surface area contributed by atoms with Crippen LogP contribution >= 0.6 is 12.2 Å². The van der Waals surface area contributed by atoms with Crippen molar-refractivity contribution in [1.82, 2.24) is 10.9 Å². The minimum absolute atomic E-state index is 0.0704. The lowest BCUT2D eigenvalue weighted by Gasteiger charge is -2.15. The summed E-state index contributed by atoms with van der Waals surface area (Å²) in [6, 6.07) is 13.7. The summed E-state index contributed by atoms with van der Waals surface area (Å²) >= 11 is 5.00. The predicted octanol–water partition coefficient (Wildman–Crippen LogP) is 3.35. The van der Waals surface area contributed by atoms with Crippen molar-refractivity contribution in [3.05, 3.63) is 59.9 Å². The van der Waals surface area contributed by atoms with Crippen LogP contribution in [0.1, 0.15) is 25.3 Å². The van der Waals surface area contributed by atoms with E-state index >= 15 is 0 Å². The molecular weight excluding hydrogens is 341 g/mol. The van der Waals surface area contributed by atoms with Gasteiger partial charge < -0.3 is 10.1 Å². The van der Waals surface area contributed by atoms with E-state index in [1.54, 1.807) is 12.1 Å². The molecule has 0 radical (unpaired) electrons. The van der Waals surface area contributed by atoms with Gasteiger partial charge in [0.25, 0.3) is 5.91 Å². The summed E-state index contributed by atoms with van der Waals surface area (Å²) in [5.74, 6) is 0.109. The van der Waals surface area contributed by atoms with Gasteiger partial charge in [0.1, 0.15) is 11.6 Å². The van der Waals surface area contributed by atoms with E-state index in [1.807, 2.05) is 24.3 Å². The van der Waals surface area contributed by atoms with Crippen LogP contribution in [0.4, 0.5) is 10.1 Å². The molecule has 0 aliphatic heterocycles. The van der Waals surface area contributed by atoms with Gasteiger partial charge in [0.15, 0.2) is 11.7 Å². The summed E-state index contributed by atoms with van der Waals surface area (Å²) in [5, 5.41) is 2.72. The topological polar surface area (TPSA) is 62.4 Å². The minimum Gasteiger partial charge on any atom is -0.483 e. The maximum atomic E-state index is 13.5. The molecule has 0 aliphatic rings. The first-order valence-electron chi connectivity index (χ1n) is 7.79. The van der Waals surface area contributed by atoms with Gasteiger partial charge in [0.05, 0.1) is 5.69 Å². The molecule has 2 rings (SSSR count). The van der Waals surface area contributed by atoms with Crippen LogP contribution in [0.2, 0.25) is 0 Å². The Morgan fingerprint density at radius 2 is 1.80 bits per heavy atom. The van der Waals surface area contributed by atoms with Crippen molar-refractivity contribution in [3.8, 4) is 5.75 Å². The van der Waals surface area contributed by atoms with Crippen molar-refractivity contribution in [2.45, 2.75) is 19.8 Å². The molecule has 2 aromatic carbocycles. The molecule has 0 unspecified atom stereocenters. The van der Waals surface area contributed by atoms with Crippen molar-refractivity contribution in [2.24, 2.45) is 0 Å². The molecule has 0 atom stereocenters. The summed E-state index contributed by atoms with van der Waals surface area (Å²) in [7, 11) is 0. The van der Waals surface area contributed by atoms with Crippen LogP contribution in [0.3, 0.4) is 0 Å². The fraction of sp³-hybridized carbons (Fsp3) is 0.222. The van der Waals surface area contributed by atoms with Crippen LogP contribution in [0.25, 0.3) is 0 Å². The summed E-state index contributed by atoms with van der Waals surface area (Å²) in [5.41, 5.74) is 6.15. The molecule has 0 saturated carbocycles. The number of halogens is 1.